The van der Waals surface area contributed by atoms with E-state index in [1.165, 1.54) is 4.68 Å². The average molecular weight is 283 g/mol. The zero-order valence-corrected chi connectivity index (χ0v) is 10.8. The maximum absolute atomic E-state index is 11.8. The van der Waals surface area contributed by atoms with Crippen LogP contribution in [0.5, 0.6) is 0 Å². The smallest absolute Gasteiger partial charge is 0.288 e. The van der Waals surface area contributed by atoms with E-state index in [1.807, 2.05) is 26.8 Å². The molecule has 0 saturated heterocycles. The Morgan fingerprint density at radius 3 is 2.25 bits per heavy atom. The van der Waals surface area contributed by atoms with Gasteiger partial charge in [-0.3, -0.25) is 9.89 Å². The van der Waals surface area contributed by atoms with E-state index in [1.54, 1.807) is 0 Å². The molecule has 0 radical (unpaired) electrons. The highest BCUT2D eigenvalue weighted by molar-refractivity contribution is 9.10. The number of aromatic amines is 1. The molecular formula is C10H11BrN4O. The molecule has 0 unspecified atom stereocenters. The molecule has 2 heterocycles. The Kier molecular flexibility index (Phi) is 2.67. The van der Waals surface area contributed by atoms with Crippen LogP contribution in [0.15, 0.2) is 15.3 Å². The van der Waals surface area contributed by atoms with E-state index in [4.69, 9.17) is 0 Å². The Morgan fingerprint density at radius 1 is 1.25 bits per heavy atom. The molecule has 0 aromatic carbocycles. The van der Waals surface area contributed by atoms with Crippen molar-refractivity contribution in [2.75, 3.05) is 0 Å². The summed E-state index contributed by atoms with van der Waals surface area (Å²) in [4.78, 5) is 20.3. The minimum absolute atomic E-state index is 0.178. The van der Waals surface area contributed by atoms with Crippen LogP contribution in [-0.2, 0) is 0 Å². The van der Waals surface area contributed by atoms with Crippen molar-refractivity contribution < 1.29 is 0 Å². The summed E-state index contributed by atoms with van der Waals surface area (Å²) in [5.74, 6) is 0.372. The minimum atomic E-state index is -0.178. The number of H-pyrrole nitrogens is 1. The van der Waals surface area contributed by atoms with Crippen LogP contribution in [0.4, 0.5) is 0 Å². The highest BCUT2D eigenvalue weighted by Gasteiger charge is 2.11. The molecule has 0 saturated carbocycles. The lowest BCUT2D eigenvalue weighted by atomic mass is 10.4. The fourth-order valence-corrected chi connectivity index (χ4v) is 1.74. The lowest BCUT2D eigenvalue weighted by Gasteiger charge is -2.02. The van der Waals surface area contributed by atoms with Crippen LogP contribution in [-0.4, -0.2) is 19.7 Å². The van der Waals surface area contributed by atoms with Gasteiger partial charge in [-0.15, -0.1) is 0 Å². The molecule has 0 spiro atoms. The molecule has 5 nitrogen and oxygen atoms in total. The molecule has 2 rings (SSSR count). The fourth-order valence-electron chi connectivity index (χ4n) is 1.47. The van der Waals surface area contributed by atoms with Crippen LogP contribution >= 0.6 is 15.9 Å². The van der Waals surface area contributed by atoms with Gasteiger partial charge in [0.2, 0.25) is 0 Å². The van der Waals surface area contributed by atoms with Crippen LogP contribution in [0.1, 0.15) is 17.1 Å². The van der Waals surface area contributed by atoms with Crippen molar-refractivity contribution in [1.82, 2.24) is 19.7 Å². The van der Waals surface area contributed by atoms with E-state index in [2.05, 4.69) is 31.0 Å². The molecule has 0 amide bonds. The highest BCUT2D eigenvalue weighted by Crippen LogP contribution is 2.10. The average Bonchev–Trinajstić information content (AvgIpc) is 2.44. The van der Waals surface area contributed by atoms with Gasteiger partial charge in [0.1, 0.15) is 4.47 Å². The summed E-state index contributed by atoms with van der Waals surface area (Å²) < 4.78 is 1.84. The predicted octanol–water partition coefficient (Wildman–Crippen LogP) is 1.64. The second-order valence-corrected chi connectivity index (χ2v) is 4.44. The molecule has 1 N–H and O–H groups in total. The summed E-state index contributed by atoms with van der Waals surface area (Å²) in [6.07, 6.45) is 0. The van der Waals surface area contributed by atoms with Gasteiger partial charge < -0.3 is 0 Å². The van der Waals surface area contributed by atoms with Gasteiger partial charge in [-0.05, 0) is 42.8 Å². The first-order chi connectivity index (χ1) is 7.49. The summed E-state index contributed by atoms with van der Waals surface area (Å²) in [6, 6.07) is 1.86. The van der Waals surface area contributed by atoms with Gasteiger partial charge in [0.05, 0.1) is 0 Å². The van der Waals surface area contributed by atoms with Crippen molar-refractivity contribution >= 4 is 15.9 Å². The van der Waals surface area contributed by atoms with Crippen molar-refractivity contribution in [2.45, 2.75) is 20.8 Å². The van der Waals surface area contributed by atoms with E-state index < -0.39 is 0 Å². The van der Waals surface area contributed by atoms with Crippen LogP contribution in [0.3, 0.4) is 0 Å². The molecular weight excluding hydrogens is 272 g/mol. The van der Waals surface area contributed by atoms with Crippen LogP contribution in [0.25, 0.3) is 5.95 Å². The predicted molar refractivity (Wildman–Crippen MR) is 63.9 cm³/mol. The molecule has 2 aromatic heterocycles. The van der Waals surface area contributed by atoms with Crippen molar-refractivity contribution in [2.24, 2.45) is 0 Å². The van der Waals surface area contributed by atoms with E-state index in [0.717, 1.165) is 17.1 Å². The van der Waals surface area contributed by atoms with Gasteiger partial charge in [0.25, 0.3) is 11.5 Å². The maximum Gasteiger partial charge on any atom is 0.288 e. The van der Waals surface area contributed by atoms with Gasteiger partial charge in [0.15, 0.2) is 0 Å². The van der Waals surface area contributed by atoms with E-state index in [-0.39, 0.29) is 5.56 Å². The maximum atomic E-state index is 11.8. The summed E-state index contributed by atoms with van der Waals surface area (Å²) >= 11 is 3.21. The second-order valence-electron chi connectivity index (χ2n) is 3.64. The first-order valence-electron chi connectivity index (χ1n) is 4.79. The van der Waals surface area contributed by atoms with Crippen molar-refractivity contribution in [1.29, 1.82) is 0 Å². The zero-order chi connectivity index (χ0) is 11.9. The van der Waals surface area contributed by atoms with E-state index >= 15 is 0 Å². The molecule has 16 heavy (non-hydrogen) atoms. The fraction of sp³-hybridized carbons (Fsp3) is 0.300. The van der Waals surface area contributed by atoms with Crippen LogP contribution in [0, 0.1) is 20.8 Å². The third-order valence-corrected chi connectivity index (χ3v) is 3.10. The molecule has 0 aliphatic heterocycles. The Bertz CT molecular complexity index is 579. The minimum Gasteiger partial charge on any atom is -0.291 e. The van der Waals surface area contributed by atoms with Gasteiger partial charge in [-0.1, -0.05) is 0 Å². The Labute approximate surface area is 101 Å². The molecule has 0 aliphatic rings. The van der Waals surface area contributed by atoms with Gasteiger partial charge in [-0.25, -0.2) is 9.97 Å². The Balaban J connectivity index is 2.67. The lowest BCUT2D eigenvalue weighted by Crippen LogP contribution is -2.18. The molecule has 84 valence electrons. The van der Waals surface area contributed by atoms with Crippen molar-refractivity contribution in [3.63, 3.8) is 0 Å². The standard InChI is InChI=1S/C10H11BrN4O/c1-5-4-6(2)13-10(12-5)15-9(16)8(11)7(3)14-15/h4,14H,1-3H3. The normalized spacial score (nSPS) is 10.8. The number of rotatable bonds is 1. The van der Waals surface area contributed by atoms with Gasteiger partial charge in [0, 0.05) is 17.1 Å². The quantitative estimate of drug-likeness (QED) is 0.865. The van der Waals surface area contributed by atoms with Gasteiger partial charge >= 0.3 is 0 Å². The number of nitrogens with zero attached hydrogens (tertiary/aromatic N) is 3. The number of hydrogen-bond acceptors (Lipinski definition) is 3. The third kappa shape index (κ3) is 1.80. The molecule has 0 aliphatic carbocycles. The molecule has 0 atom stereocenters. The monoisotopic (exact) mass is 282 g/mol. The summed E-state index contributed by atoms with van der Waals surface area (Å²) in [7, 11) is 0. The number of nitrogens with one attached hydrogen (secondary N) is 1. The number of halogens is 1. The Hall–Kier alpha value is -1.43. The van der Waals surface area contributed by atoms with E-state index in [0.29, 0.717) is 10.4 Å². The number of aromatic nitrogens is 4. The van der Waals surface area contributed by atoms with Gasteiger partial charge in [-0.2, -0.15) is 4.68 Å². The molecule has 0 bridgehead atoms. The largest absolute Gasteiger partial charge is 0.291 e. The summed E-state index contributed by atoms with van der Waals surface area (Å²) in [5, 5.41) is 2.92. The van der Waals surface area contributed by atoms with Crippen LogP contribution in [0.2, 0.25) is 0 Å². The lowest BCUT2D eigenvalue weighted by molar-refractivity contribution is 0.762. The Morgan fingerprint density at radius 2 is 1.81 bits per heavy atom. The first kappa shape index (κ1) is 11.1. The summed E-state index contributed by atoms with van der Waals surface area (Å²) in [5.41, 5.74) is 2.24. The second kappa shape index (κ2) is 3.86. The molecule has 6 heteroatoms. The first-order valence-corrected chi connectivity index (χ1v) is 5.58. The number of hydrogen-bond donors (Lipinski definition) is 1. The van der Waals surface area contributed by atoms with Crippen molar-refractivity contribution in [3.8, 4) is 5.95 Å². The van der Waals surface area contributed by atoms with Crippen molar-refractivity contribution in [3.05, 3.63) is 38.0 Å². The topological polar surface area (TPSA) is 63.6 Å². The summed E-state index contributed by atoms with van der Waals surface area (Å²) in [6.45, 7) is 5.55. The molecule has 2 aromatic rings. The number of aryl methyl sites for hydroxylation is 3. The van der Waals surface area contributed by atoms with Crippen LogP contribution < -0.4 is 5.56 Å². The zero-order valence-electron chi connectivity index (χ0n) is 9.21. The van der Waals surface area contributed by atoms with E-state index in [9.17, 15) is 4.79 Å². The third-order valence-electron chi connectivity index (χ3n) is 2.17. The SMILES string of the molecule is Cc1cc(C)nc(-n2[nH]c(C)c(Br)c2=O)n1. The highest BCUT2D eigenvalue weighted by atomic mass is 79.9. The molecule has 0 fully saturated rings.